The van der Waals surface area contributed by atoms with Crippen LogP contribution >= 0.6 is 0 Å². The van der Waals surface area contributed by atoms with E-state index in [9.17, 15) is 14.4 Å². The highest BCUT2D eigenvalue weighted by Gasteiger charge is 2.32. The van der Waals surface area contributed by atoms with Crippen LogP contribution in [0.5, 0.6) is 0 Å². The summed E-state index contributed by atoms with van der Waals surface area (Å²) in [6.45, 7) is 3.18. The Labute approximate surface area is 146 Å². The van der Waals surface area contributed by atoms with Gasteiger partial charge in [0.25, 0.3) is 11.8 Å². The number of hydrogen-bond acceptors (Lipinski definition) is 5. The van der Waals surface area contributed by atoms with Gasteiger partial charge < -0.3 is 9.47 Å². The van der Waals surface area contributed by atoms with E-state index in [-0.39, 0.29) is 30.3 Å². The summed E-state index contributed by atoms with van der Waals surface area (Å²) < 4.78 is 10.7. The van der Waals surface area contributed by atoms with Crippen LogP contribution in [0.4, 0.5) is 5.69 Å². The molecule has 132 valence electrons. The van der Waals surface area contributed by atoms with Gasteiger partial charge >= 0.3 is 5.97 Å². The van der Waals surface area contributed by atoms with E-state index < -0.39 is 0 Å². The fourth-order valence-electron chi connectivity index (χ4n) is 3.00. The largest absolute Gasteiger partial charge is 0.463 e. The van der Waals surface area contributed by atoms with Gasteiger partial charge in [-0.1, -0.05) is 25.5 Å². The Morgan fingerprint density at radius 1 is 1.20 bits per heavy atom. The fraction of sp³-hybridized carbons (Fsp3) is 0.421. The van der Waals surface area contributed by atoms with Crippen LogP contribution < -0.4 is 4.90 Å². The zero-order chi connectivity index (χ0) is 17.8. The van der Waals surface area contributed by atoms with Crippen molar-refractivity contribution in [2.45, 2.75) is 32.3 Å². The molecular formula is C19H21NO5. The Morgan fingerprint density at radius 3 is 2.44 bits per heavy atom. The Hall–Kier alpha value is -2.47. The topological polar surface area (TPSA) is 72.9 Å². The molecule has 1 fully saturated rings. The maximum absolute atomic E-state index is 12.0. The minimum absolute atomic E-state index is 0.0194. The van der Waals surface area contributed by atoms with Crippen LogP contribution in [0.25, 0.3) is 0 Å². The van der Waals surface area contributed by atoms with Crippen molar-refractivity contribution in [3.63, 3.8) is 0 Å². The Kier molecular flexibility index (Phi) is 5.28. The smallest absolute Gasteiger partial charge is 0.310 e. The number of amides is 2. The molecule has 2 heterocycles. The summed E-state index contributed by atoms with van der Waals surface area (Å²) in [4.78, 5) is 36.3. The van der Waals surface area contributed by atoms with Crippen molar-refractivity contribution in [1.82, 2.24) is 0 Å². The molecule has 0 N–H and O–H groups in total. The summed E-state index contributed by atoms with van der Waals surface area (Å²) >= 11 is 0. The van der Waals surface area contributed by atoms with E-state index >= 15 is 0 Å². The second kappa shape index (κ2) is 7.61. The molecule has 2 unspecified atom stereocenters. The SMILES string of the molecule is CCCC1COC1COC(=O)Cc1ccc(N2C(=O)C=CC2=O)cc1. The highest BCUT2D eigenvalue weighted by molar-refractivity contribution is 6.28. The first-order chi connectivity index (χ1) is 12.1. The van der Waals surface area contributed by atoms with E-state index in [1.807, 2.05) is 0 Å². The van der Waals surface area contributed by atoms with Gasteiger partial charge in [0.05, 0.1) is 24.8 Å². The van der Waals surface area contributed by atoms with E-state index in [1.165, 1.54) is 12.2 Å². The first-order valence-electron chi connectivity index (χ1n) is 8.50. The van der Waals surface area contributed by atoms with E-state index in [4.69, 9.17) is 9.47 Å². The minimum atomic E-state index is -0.362. The normalized spacial score (nSPS) is 22.2. The molecule has 2 aliphatic rings. The number of hydrogen-bond donors (Lipinski definition) is 0. The number of esters is 1. The summed E-state index contributed by atoms with van der Waals surface area (Å²) in [6, 6.07) is 6.74. The third-order valence-corrected chi connectivity index (χ3v) is 4.47. The standard InChI is InChI=1S/C19H21NO5/c1-2-3-14-11-24-16(14)12-25-19(23)10-13-4-6-15(7-5-13)20-17(21)8-9-18(20)22/h4-9,14,16H,2-3,10-12H2,1H3. The lowest BCUT2D eigenvalue weighted by atomic mass is 9.94. The Balaban J connectivity index is 1.49. The van der Waals surface area contributed by atoms with Crippen molar-refractivity contribution in [2.75, 3.05) is 18.1 Å². The van der Waals surface area contributed by atoms with E-state index in [0.29, 0.717) is 18.2 Å². The summed E-state index contributed by atoms with van der Waals surface area (Å²) in [5, 5.41) is 0. The van der Waals surface area contributed by atoms with E-state index in [1.54, 1.807) is 24.3 Å². The number of anilines is 1. The first-order valence-corrected chi connectivity index (χ1v) is 8.50. The summed E-state index contributed by atoms with van der Waals surface area (Å²) in [6.07, 6.45) is 4.83. The van der Waals surface area contributed by atoms with Crippen molar-refractivity contribution in [3.05, 3.63) is 42.0 Å². The molecule has 0 aromatic heterocycles. The van der Waals surface area contributed by atoms with Gasteiger partial charge in [0.15, 0.2) is 0 Å². The van der Waals surface area contributed by atoms with Crippen LogP contribution in [0, 0.1) is 5.92 Å². The van der Waals surface area contributed by atoms with Gasteiger partial charge in [-0.2, -0.15) is 0 Å². The van der Waals surface area contributed by atoms with Crippen LogP contribution in [-0.4, -0.2) is 37.1 Å². The molecule has 3 rings (SSSR count). The molecule has 25 heavy (non-hydrogen) atoms. The van der Waals surface area contributed by atoms with Crippen molar-refractivity contribution in [3.8, 4) is 0 Å². The molecule has 6 heteroatoms. The van der Waals surface area contributed by atoms with Crippen molar-refractivity contribution >= 4 is 23.5 Å². The quantitative estimate of drug-likeness (QED) is 0.559. The number of imide groups is 1. The van der Waals surface area contributed by atoms with Crippen LogP contribution in [0.3, 0.4) is 0 Å². The lowest BCUT2D eigenvalue weighted by Gasteiger charge is -2.36. The lowest BCUT2D eigenvalue weighted by molar-refractivity contribution is -0.168. The zero-order valence-corrected chi connectivity index (χ0v) is 14.1. The van der Waals surface area contributed by atoms with Crippen molar-refractivity contribution < 1.29 is 23.9 Å². The third kappa shape index (κ3) is 3.96. The molecule has 1 saturated heterocycles. The van der Waals surface area contributed by atoms with Gasteiger partial charge in [-0.15, -0.1) is 0 Å². The first kappa shape index (κ1) is 17.4. The third-order valence-electron chi connectivity index (χ3n) is 4.47. The Morgan fingerprint density at radius 2 is 1.88 bits per heavy atom. The highest BCUT2D eigenvalue weighted by Crippen LogP contribution is 2.25. The molecule has 0 saturated carbocycles. The molecule has 2 amide bonds. The van der Waals surface area contributed by atoms with Gasteiger partial charge in [-0.3, -0.25) is 14.4 Å². The van der Waals surface area contributed by atoms with Gasteiger partial charge in [0.2, 0.25) is 0 Å². The maximum Gasteiger partial charge on any atom is 0.310 e. The number of carbonyl (C=O) groups is 3. The van der Waals surface area contributed by atoms with Crippen LogP contribution in [0.1, 0.15) is 25.3 Å². The maximum atomic E-state index is 12.0. The number of nitrogens with zero attached hydrogens (tertiary/aromatic N) is 1. The minimum Gasteiger partial charge on any atom is -0.463 e. The molecular weight excluding hydrogens is 322 g/mol. The monoisotopic (exact) mass is 343 g/mol. The average molecular weight is 343 g/mol. The van der Waals surface area contributed by atoms with Gasteiger partial charge in [-0.25, -0.2) is 4.90 Å². The second-order valence-electron chi connectivity index (χ2n) is 6.29. The molecule has 0 bridgehead atoms. The van der Waals surface area contributed by atoms with Crippen molar-refractivity contribution in [1.29, 1.82) is 0 Å². The predicted octanol–water partition coefficient (Wildman–Crippen LogP) is 2.02. The highest BCUT2D eigenvalue weighted by atomic mass is 16.6. The number of carbonyl (C=O) groups excluding carboxylic acids is 3. The molecule has 1 aromatic rings. The summed E-state index contributed by atoms with van der Waals surface area (Å²) in [5.41, 5.74) is 1.25. The number of rotatable bonds is 7. The zero-order valence-electron chi connectivity index (χ0n) is 14.1. The molecule has 2 aliphatic heterocycles. The Bertz CT molecular complexity index is 676. The molecule has 1 aromatic carbocycles. The fourth-order valence-corrected chi connectivity index (χ4v) is 3.00. The number of ether oxygens (including phenoxy) is 2. The summed E-state index contributed by atoms with van der Waals surface area (Å²) in [7, 11) is 0. The average Bonchev–Trinajstić information content (AvgIpc) is 2.91. The molecule has 0 aliphatic carbocycles. The van der Waals surface area contributed by atoms with Crippen molar-refractivity contribution in [2.24, 2.45) is 5.92 Å². The molecule has 0 spiro atoms. The molecule has 6 nitrogen and oxygen atoms in total. The number of benzene rings is 1. The second-order valence-corrected chi connectivity index (χ2v) is 6.29. The van der Waals surface area contributed by atoms with E-state index in [0.717, 1.165) is 29.9 Å². The molecule has 0 radical (unpaired) electrons. The lowest BCUT2D eigenvalue weighted by Crippen LogP contribution is -2.43. The van der Waals surface area contributed by atoms with Crippen LogP contribution in [-0.2, 0) is 30.3 Å². The van der Waals surface area contributed by atoms with Gasteiger partial charge in [0.1, 0.15) is 6.61 Å². The van der Waals surface area contributed by atoms with Crippen LogP contribution in [0.15, 0.2) is 36.4 Å². The molecule has 2 atom stereocenters. The van der Waals surface area contributed by atoms with Crippen LogP contribution in [0.2, 0.25) is 0 Å². The summed E-state index contributed by atoms with van der Waals surface area (Å²) in [5.74, 6) is -0.548. The predicted molar refractivity (Wildman–Crippen MR) is 90.9 cm³/mol. The van der Waals surface area contributed by atoms with E-state index in [2.05, 4.69) is 6.92 Å². The van der Waals surface area contributed by atoms with Gasteiger partial charge in [0, 0.05) is 18.1 Å². The van der Waals surface area contributed by atoms with Gasteiger partial charge in [-0.05, 0) is 24.1 Å².